The summed E-state index contributed by atoms with van der Waals surface area (Å²) in [5, 5.41) is 1.42. The van der Waals surface area contributed by atoms with Gasteiger partial charge in [0.05, 0.1) is 18.2 Å². The maximum Gasteiger partial charge on any atom is 0.224 e. The minimum absolute atomic E-state index is 0.0122. The Balaban J connectivity index is 1.82. The molecule has 2 aromatic carbocycles. The highest BCUT2D eigenvalue weighted by Crippen LogP contribution is 2.43. The molecule has 4 nitrogen and oxygen atoms in total. The number of ether oxygens (including phenoxy) is 1. The van der Waals surface area contributed by atoms with E-state index in [1.54, 1.807) is 6.20 Å². The number of nitrogens with zero attached hydrogens (tertiary/aromatic N) is 3. The van der Waals surface area contributed by atoms with Gasteiger partial charge in [0.1, 0.15) is 11.9 Å². The van der Waals surface area contributed by atoms with Gasteiger partial charge in [-0.15, -0.1) is 0 Å². The first kappa shape index (κ1) is 19.7. The molecule has 0 radical (unpaired) electrons. The molecule has 0 N–H and O–H groups in total. The SMILES string of the molecule is CCOc1ncccc1C1=NC(c2ccc(Cl)cc2)C(c2ccc(Cl)cc2)N1C. The number of halogens is 2. The van der Waals surface area contributed by atoms with E-state index in [4.69, 9.17) is 32.9 Å². The Labute approximate surface area is 180 Å². The number of hydrogen-bond donors (Lipinski definition) is 0. The number of pyridine rings is 1. The van der Waals surface area contributed by atoms with Gasteiger partial charge >= 0.3 is 0 Å². The van der Waals surface area contributed by atoms with Crippen LogP contribution in [0.25, 0.3) is 0 Å². The molecular formula is C23H21Cl2N3O. The minimum Gasteiger partial charge on any atom is -0.477 e. The third-order valence-electron chi connectivity index (χ3n) is 5.03. The summed E-state index contributed by atoms with van der Waals surface area (Å²) >= 11 is 12.2. The topological polar surface area (TPSA) is 37.7 Å². The predicted molar refractivity (Wildman–Crippen MR) is 118 cm³/mol. The lowest BCUT2D eigenvalue weighted by Gasteiger charge is -2.28. The van der Waals surface area contributed by atoms with Crippen LogP contribution in [0.4, 0.5) is 0 Å². The van der Waals surface area contributed by atoms with Gasteiger partial charge in [0.2, 0.25) is 5.88 Å². The fourth-order valence-electron chi connectivity index (χ4n) is 3.69. The standard InChI is InChI=1S/C23H21Cl2N3O/c1-3-29-23-19(5-4-14-26-23)22-27-20(15-6-10-17(24)11-7-15)21(28(22)2)16-8-12-18(25)13-9-16/h4-14,20-21H,3H2,1-2H3. The summed E-state index contributed by atoms with van der Waals surface area (Å²) in [5.74, 6) is 1.44. The molecule has 1 aromatic heterocycles. The summed E-state index contributed by atoms with van der Waals surface area (Å²) in [7, 11) is 2.05. The van der Waals surface area contributed by atoms with E-state index in [-0.39, 0.29) is 12.1 Å². The minimum atomic E-state index is -0.0943. The normalized spacial score (nSPS) is 18.6. The number of rotatable bonds is 5. The molecule has 2 heterocycles. The second kappa shape index (κ2) is 8.44. The van der Waals surface area contributed by atoms with E-state index in [9.17, 15) is 0 Å². The Hall–Kier alpha value is -2.56. The van der Waals surface area contributed by atoms with Crippen molar-refractivity contribution in [2.75, 3.05) is 13.7 Å². The van der Waals surface area contributed by atoms with Crippen LogP contribution in [0.2, 0.25) is 10.0 Å². The number of aliphatic imine (C=N–C) groups is 1. The average Bonchev–Trinajstić information content (AvgIpc) is 3.07. The van der Waals surface area contributed by atoms with Crippen LogP contribution < -0.4 is 4.74 Å². The lowest BCUT2D eigenvalue weighted by Crippen LogP contribution is -2.28. The van der Waals surface area contributed by atoms with Crippen LogP contribution in [0, 0.1) is 0 Å². The van der Waals surface area contributed by atoms with E-state index in [1.165, 1.54) is 0 Å². The van der Waals surface area contributed by atoms with Crippen molar-refractivity contribution in [3.63, 3.8) is 0 Å². The van der Waals surface area contributed by atoms with Crippen molar-refractivity contribution >= 4 is 29.0 Å². The molecule has 0 fully saturated rings. The first-order chi connectivity index (χ1) is 14.1. The summed E-state index contributed by atoms with van der Waals surface area (Å²) in [5.41, 5.74) is 3.11. The van der Waals surface area contributed by atoms with Gasteiger partial charge in [-0.1, -0.05) is 47.5 Å². The Morgan fingerprint density at radius 3 is 2.17 bits per heavy atom. The molecule has 0 saturated heterocycles. The molecule has 4 rings (SSSR count). The highest BCUT2D eigenvalue weighted by Gasteiger charge is 2.37. The molecule has 2 unspecified atom stereocenters. The molecule has 0 saturated carbocycles. The van der Waals surface area contributed by atoms with Gasteiger partial charge in [0, 0.05) is 23.3 Å². The van der Waals surface area contributed by atoms with Gasteiger partial charge in [-0.05, 0) is 54.4 Å². The van der Waals surface area contributed by atoms with Crippen LogP contribution in [0.1, 0.15) is 35.7 Å². The third kappa shape index (κ3) is 3.96. The quantitative estimate of drug-likeness (QED) is 0.505. The zero-order valence-electron chi connectivity index (χ0n) is 16.2. The van der Waals surface area contributed by atoms with Crippen molar-refractivity contribution in [3.05, 3.63) is 93.6 Å². The zero-order valence-corrected chi connectivity index (χ0v) is 17.7. The van der Waals surface area contributed by atoms with Crippen LogP contribution in [0.5, 0.6) is 5.88 Å². The number of aromatic nitrogens is 1. The van der Waals surface area contributed by atoms with E-state index in [0.717, 1.165) is 22.5 Å². The van der Waals surface area contributed by atoms with E-state index in [1.807, 2.05) is 55.5 Å². The van der Waals surface area contributed by atoms with E-state index >= 15 is 0 Å². The van der Waals surface area contributed by atoms with Crippen molar-refractivity contribution in [1.29, 1.82) is 0 Å². The van der Waals surface area contributed by atoms with Crippen LogP contribution >= 0.6 is 23.2 Å². The smallest absolute Gasteiger partial charge is 0.224 e. The Morgan fingerprint density at radius 1 is 0.931 bits per heavy atom. The summed E-state index contributed by atoms with van der Waals surface area (Å²) in [6.07, 6.45) is 1.73. The lowest BCUT2D eigenvalue weighted by atomic mass is 9.94. The molecule has 2 atom stereocenters. The molecule has 0 spiro atoms. The predicted octanol–water partition coefficient (Wildman–Crippen LogP) is 5.96. The van der Waals surface area contributed by atoms with Gasteiger partial charge < -0.3 is 9.64 Å². The fourth-order valence-corrected chi connectivity index (χ4v) is 3.94. The summed E-state index contributed by atoms with van der Waals surface area (Å²) < 4.78 is 5.76. The van der Waals surface area contributed by atoms with Gasteiger partial charge in [-0.2, -0.15) is 0 Å². The summed E-state index contributed by atoms with van der Waals surface area (Å²) in [4.78, 5) is 11.7. The monoisotopic (exact) mass is 425 g/mol. The lowest BCUT2D eigenvalue weighted by molar-refractivity contribution is 0.323. The Morgan fingerprint density at radius 2 is 1.55 bits per heavy atom. The number of likely N-dealkylation sites (N-methyl/N-ethyl adjacent to an activating group) is 1. The number of hydrogen-bond acceptors (Lipinski definition) is 4. The van der Waals surface area contributed by atoms with Crippen molar-refractivity contribution < 1.29 is 4.74 Å². The second-order valence-corrected chi connectivity index (χ2v) is 7.72. The maximum atomic E-state index is 6.12. The van der Waals surface area contributed by atoms with E-state index < -0.39 is 0 Å². The van der Waals surface area contributed by atoms with Crippen molar-refractivity contribution in [2.45, 2.75) is 19.0 Å². The second-order valence-electron chi connectivity index (χ2n) is 6.85. The van der Waals surface area contributed by atoms with Crippen LogP contribution in [-0.4, -0.2) is 29.4 Å². The summed E-state index contributed by atoms with van der Waals surface area (Å²) in [6.45, 7) is 2.49. The molecule has 0 bridgehead atoms. The van der Waals surface area contributed by atoms with Gasteiger partial charge in [-0.25, -0.2) is 4.98 Å². The maximum absolute atomic E-state index is 6.12. The largest absolute Gasteiger partial charge is 0.477 e. The van der Waals surface area contributed by atoms with Crippen molar-refractivity contribution in [3.8, 4) is 5.88 Å². The average molecular weight is 426 g/mol. The van der Waals surface area contributed by atoms with Crippen LogP contribution in [-0.2, 0) is 0 Å². The molecule has 148 valence electrons. The zero-order chi connectivity index (χ0) is 20.4. The molecule has 3 aromatic rings. The molecule has 1 aliphatic rings. The fraction of sp³-hybridized carbons (Fsp3) is 0.217. The molecule has 6 heteroatoms. The third-order valence-corrected chi connectivity index (χ3v) is 5.53. The van der Waals surface area contributed by atoms with Crippen LogP contribution in [0.15, 0.2) is 71.9 Å². The van der Waals surface area contributed by atoms with Crippen molar-refractivity contribution in [1.82, 2.24) is 9.88 Å². The first-order valence-electron chi connectivity index (χ1n) is 9.48. The van der Waals surface area contributed by atoms with E-state index in [0.29, 0.717) is 22.5 Å². The van der Waals surface area contributed by atoms with Gasteiger partial charge in [0.15, 0.2) is 0 Å². The number of benzene rings is 2. The molecular weight excluding hydrogens is 405 g/mol. The van der Waals surface area contributed by atoms with Gasteiger partial charge in [0.25, 0.3) is 0 Å². The molecule has 29 heavy (non-hydrogen) atoms. The number of amidine groups is 1. The van der Waals surface area contributed by atoms with Crippen LogP contribution in [0.3, 0.4) is 0 Å². The highest BCUT2D eigenvalue weighted by atomic mass is 35.5. The molecule has 1 aliphatic heterocycles. The Kier molecular flexibility index (Phi) is 5.74. The summed E-state index contributed by atoms with van der Waals surface area (Å²) in [6, 6.07) is 19.6. The molecule has 0 aliphatic carbocycles. The first-order valence-corrected chi connectivity index (χ1v) is 10.2. The highest BCUT2D eigenvalue weighted by molar-refractivity contribution is 6.30. The van der Waals surface area contributed by atoms with Crippen molar-refractivity contribution in [2.24, 2.45) is 4.99 Å². The van der Waals surface area contributed by atoms with E-state index in [2.05, 4.69) is 29.1 Å². The molecule has 0 amide bonds. The Bertz CT molecular complexity index is 1020. The van der Waals surface area contributed by atoms with Gasteiger partial charge in [-0.3, -0.25) is 4.99 Å².